The Morgan fingerprint density at radius 3 is 2.56 bits per heavy atom. The Hall–Kier alpha value is -0.440. The van der Waals surface area contributed by atoms with Crippen molar-refractivity contribution in [2.24, 2.45) is 0 Å². The Balaban J connectivity index is 0.00000162. The zero-order chi connectivity index (χ0) is 12.1. The van der Waals surface area contributed by atoms with E-state index in [4.69, 9.17) is 16.3 Å². The molecule has 1 fully saturated rings. The summed E-state index contributed by atoms with van der Waals surface area (Å²) in [4.78, 5) is 2.50. The molecule has 2 rings (SSSR count). The SMILES string of the molecule is CCOc1ccc(CN2CCCCC2)cc1Cl.Cl. The van der Waals surface area contributed by atoms with E-state index in [9.17, 15) is 0 Å². The van der Waals surface area contributed by atoms with Crippen molar-refractivity contribution in [3.8, 4) is 5.75 Å². The molecule has 0 amide bonds. The summed E-state index contributed by atoms with van der Waals surface area (Å²) >= 11 is 6.18. The Kier molecular flexibility index (Phi) is 6.83. The lowest BCUT2D eigenvalue weighted by atomic mass is 10.1. The van der Waals surface area contributed by atoms with Crippen LogP contribution in [0.2, 0.25) is 5.02 Å². The average Bonchev–Trinajstić information content (AvgIpc) is 2.34. The summed E-state index contributed by atoms with van der Waals surface area (Å²) in [6.45, 7) is 6.06. The number of piperidine rings is 1. The molecule has 0 aromatic heterocycles. The quantitative estimate of drug-likeness (QED) is 0.826. The highest BCUT2D eigenvalue weighted by molar-refractivity contribution is 6.32. The summed E-state index contributed by atoms with van der Waals surface area (Å²) in [5.74, 6) is 0.788. The molecule has 0 bridgehead atoms. The predicted molar refractivity (Wildman–Crippen MR) is 79.0 cm³/mol. The molecule has 4 heteroatoms. The van der Waals surface area contributed by atoms with E-state index in [1.165, 1.54) is 37.9 Å². The van der Waals surface area contributed by atoms with E-state index < -0.39 is 0 Å². The van der Waals surface area contributed by atoms with E-state index in [1.54, 1.807) is 0 Å². The van der Waals surface area contributed by atoms with Gasteiger partial charge in [0, 0.05) is 6.54 Å². The summed E-state index contributed by atoms with van der Waals surface area (Å²) in [5, 5.41) is 0.723. The minimum atomic E-state index is 0. The largest absolute Gasteiger partial charge is 0.492 e. The van der Waals surface area contributed by atoms with Crippen molar-refractivity contribution in [2.45, 2.75) is 32.7 Å². The molecule has 0 saturated carbocycles. The number of likely N-dealkylation sites (tertiary alicyclic amines) is 1. The first-order valence-electron chi connectivity index (χ1n) is 6.43. The number of hydrogen-bond donors (Lipinski definition) is 0. The second kappa shape index (κ2) is 7.88. The number of halogens is 2. The lowest BCUT2D eigenvalue weighted by Crippen LogP contribution is -2.29. The maximum atomic E-state index is 6.18. The number of hydrogen-bond acceptors (Lipinski definition) is 2. The van der Waals surface area contributed by atoms with Crippen LogP contribution in [0.15, 0.2) is 18.2 Å². The van der Waals surface area contributed by atoms with Gasteiger partial charge in [0.15, 0.2) is 0 Å². The van der Waals surface area contributed by atoms with Crippen LogP contribution in [-0.2, 0) is 6.54 Å². The highest BCUT2D eigenvalue weighted by Gasteiger charge is 2.11. The lowest BCUT2D eigenvalue weighted by molar-refractivity contribution is 0.221. The predicted octanol–water partition coefficient (Wildman–Crippen LogP) is 4.15. The Labute approximate surface area is 121 Å². The van der Waals surface area contributed by atoms with Gasteiger partial charge in [-0.05, 0) is 50.6 Å². The zero-order valence-electron chi connectivity index (χ0n) is 10.8. The molecule has 1 aliphatic heterocycles. The minimum absolute atomic E-state index is 0. The Morgan fingerprint density at radius 1 is 1.22 bits per heavy atom. The fourth-order valence-electron chi connectivity index (χ4n) is 2.29. The van der Waals surface area contributed by atoms with Gasteiger partial charge in [-0.25, -0.2) is 0 Å². The van der Waals surface area contributed by atoms with E-state index in [0.29, 0.717) is 6.61 Å². The molecule has 0 atom stereocenters. The first-order valence-corrected chi connectivity index (χ1v) is 6.81. The van der Waals surface area contributed by atoms with Gasteiger partial charge < -0.3 is 4.74 Å². The standard InChI is InChI=1S/C14H20ClNO.ClH/c1-2-17-14-7-6-12(10-13(14)15)11-16-8-4-3-5-9-16;/h6-7,10H,2-5,8-9,11H2,1H3;1H. The van der Waals surface area contributed by atoms with Crippen LogP contribution in [0.4, 0.5) is 0 Å². The maximum Gasteiger partial charge on any atom is 0.137 e. The molecular formula is C14H21Cl2NO. The zero-order valence-corrected chi connectivity index (χ0v) is 12.4. The summed E-state index contributed by atoms with van der Waals surface area (Å²) < 4.78 is 5.44. The van der Waals surface area contributed by atoms with E-state index in [0.717, 1.165) is 17.3 Å². The smallest absolute Gasteiger partial charge is 0.137 e. The topological polar surface area (TPSA) is 12.5 Å². The number of nitrogens with zero attached hydrogens (tertiary/aromatic N) is 1. The highest BCUT2D eigenvalue weighted by Crippen LogP contribution is 2.26. The van der Waals surface area contributed by atoms with Crippen molar-refractivity contribution in [1.82, 2.24) is 4.90 Å². The fourth-order valence-corrected chi connectivity index (χ4v) is 2.55. The van der Waals surface area contributed by atoms with Gasteiger partial charge in [0.05, 0.1) is 11.6 Å². The summed E-state index contributed by atoms with van der Waals surface area (Å²) in [6, 6.07) is 6.12. The van der Waals surface area contributed by atoms with Gasteiger partial charge in [-0.3, -0.25) is 4.90 Å². The first kappa shape index (κ1) is 15.6. The third kappa shape index (κ3) is 4.34. The Bertz CT molecular complexity index is 365. The molecule has 0 spiro atoms. The fraction of sp³-hybridized carbons (Fsp3) is 0.571. The van der Waals surface area contributed by atoms with E-state index in [-0.39, 0.29) is 12.4 Å². The monoisotopic (exact) mass is 289 g/mol. The summed E-state index contributed by atoms with van der Waals surface area (Å²) in [6.07, 6.45) is 4.02. The second-order valence-corrected chi connectivity index (χ2v) is 4.94. The summed E-state index contributed by atoms with van der Waals surface area (Å²) in [5.41, 5.74) is 1.28. The van der Waals surface area contributed by atoms with E-state index in [1.807, 2.05) is 19.1 Å². The van der Waals surface area contributed by atoms with Gasteiger partial charge in [-0.1, -0.05) is 24.1 Å². The minimum Gasteiger partial charge on any atom is -0.492 e. The molecule has 102 valence electrons. The van der Waals surface area contributed by atoms with Crippen molar-refractivity contribution in [1.29, 1.82) is 0 Å². The van der Waals surface area contributed by atoms with Gasteiger partial charge in [0.25, 0.3) is 0 Å². The van der Waals surface area contributed by atoms with Gasteiger partial charge in [0.1, 0.15) is 5.75 Å². The van der Waals surface area contributed by atoms with Crippen LogP contribution in [0.1, 0.15) is 31.7 Å². The van der Waals surface area contributed by atoms with Crippen molar-refractivity contribution < 1.29 is 4.74 Å². The molecule has 2 nitrogen and oxygen atoms in total. The number of rotatable bonds is 4. The number of benzene rings is 1. The van der Waals surface area contributed by atoms with Gasteiger partial charge in [-0.2, -0.15) is 0 Å². The molecule has 18 heavy (non-hydrogen) atoms. The molecule has 0 unspecified atom stereocenters. The molecule has 1 aromatic rings. The normalized spacial score (nSPS) is 16.1. The molecule has 0 radical (unpaired) electrons. The van der Waals surface area contributed by atoms with Crippen LogP contribution in [0.25, 0.3) is 0 Å². The molecular weight excluding hydrogens is 269 g/mol. The highest BCUT2D eigenvalue weighted by atomic mass is 35.5. The molecule has 1 aliphatic rings. The first-order chi connectivity index (χ1) is 8.29. The van der Waals surface area contributed by atoms with Gasteiger partial charge in [-0.15, -0.1) is 12.4 Å². The van der Waals surface area contributed by atoms with Crippen LogP contribution in [0.5, 0.6) is 5.75 Å². The van der Waals surface area contributed by atoms with E-state index >= 15 is 0 Å². The molecule has 0 N–H and O–H groups in total. The van der Waals surface area contributed by atoms with Crippen LogP contribution in [0.3, 0.4) is 0 Å². The summed E-state index contributed by atoms with van der Waals surface area (Å²) in [7, 11) is 0. The molecule has 1 aromatic carbocycles. The van der Waals surface area contributed by atoms with Crippen molar-refractivity contribution >= 4 is 24.0 Å². The van der Waals surface area contributed by atoms with Crippen LogP contribution < -0.4 is 4.74 Å². The third-order valence-electron chi connectivity index (χ3n) is 3.15. The van der Waals surface area contributed by atoms with Crippen molar-refractivity contribution in [2.75, 3.05) is 19.7 Å². The molecule has 0 aliphatic carbocycles. The second-order valence-electron chi connectivity index (χ2n) is 4.53. The van der Waals surface area contributed by atoms with Gasteiger partial charge in [0.2, 0.25) is 0 Å². The third-order valence-corrected chi connectivity index (χ3v) is 3.45. The van der Waals surface area contributed by atoms with E-state index in [2.05, 4.69) is 11.0 Å². The molecule has 1 heterocycles. The van der Waals surface area contributed by atoms with Crippen LogP contribution >= 0.6 is 24.0 Å². The van der Waals surface area contributed by atoms with Crippen molar-refractivity contribution in [3.63, 3.8) is 0 Å². The van der Waals surface area contributed by atoms with Crippen molar-refractivity contribution in [3.05, 3.63) is 28.8 Å². The Morgan fingerprint density at radius 2 is 1.94 bits per heavy atom. The number of ether oxygens (including phenoxy) is 1. The molecule has 1 saturated heterocycles. The van der Waals surface area contributed by atoms with Gasteiger partial charge >= 0.3 is 0 Å². The van der Waals surface area contributed by atoms with Crippen LogP contribution in [0, 0.1) is 0 Å². The average molecular weight is 290 g/mol. The maximum absolute atomic E-state index is 6.18. The van der Waals surface area contributed by atoms with Crippen LogP contribution in [-0.4, -0.2) is 24.6 Å². The lowest BCUT2D eigenvalue weighted by Gasteiger charge is -2.26.